The molecule has 2 bridgehead atoms. The Kier molecular flexibility index (Phi) is 6.22. The Morgan fingerprint density at radius 1 is 1.19 bits per heavy atom. The molecule has 2 fully saturated rings. The second-order valence-electron chi connectivity index (χ2n) is 7.64. The molecule has 142 valence electrons. The van der Waals surface area contributed by atoms with Gasteiger partial charge in [0.25, 0.3) is 0 Å². The van der Waals surface area contributed by atoms with E-state index in [0.29, 0.717) is 11.6 Å². The first-order chi connectivity index (χ1) is 12.4. The van der Waals surface area contributed by atoms with E-state index >= 15 is 0 Å². The third kappa shape index (κ3) is 4.78. The highest BCUT2D eigenvalue weighted by atomic mass is 32.2. The highest BCUT2D eigenvalue weighted by Gasteiger charge is 2.42. The van der Waals surface area contributed by atoms with Gasteiger partial charge in [-0.15, -0.1) is 11.8 Å². The number of carbonyl (C=O) groups is 2. The maximum Gasteiger partial charge on any atom is 0.234 e. The number of nitrogens with one attached hydrogen (secondary N) is 2. The Balaban J connectivity index is 1.39. The standard InChI is InChI=1S/C20H27FN2O2S/c1-12(18-10-14-3-4-15(18)9-14)22-20(25)13(2)26-11-19(24)23-17-7-5-16(21)6-8-17/h5-8,12-15,18H,3-4,9-11H2,1-2H3,(H,22,25)(H,23,24). The van der Waals surface area contributed by atoms with Crippen LogP contribution in [-0.4, -0.2) is 28.9 Å². The van der Waals surface area contributed by atoms with Crippen molar-refractivity contribution < 1.29 is 14.0 Å². The number of benzene rings is 1. The molecule has 0 radical (unpaired) electrons. The number of hydrogen-bond donors (Lipinski definition) is 2. The smallest absolute Gasteiger partial charge is 0.234 e. The zero-order chi connectivity index (χ0) is 18.7. The zero-order valence-corrected chi connectivity index (χ0v) is 16.2. The Morgan fingerprint density at radius 2 is 1.92 bits per heavy atom. The summed E-state index contributed by atoms with van der Waals surface area (Å²) in [5.41, 5.74) is 0.555. The first-order valence-electron chi connectivity index (χ1n) is 9.39. The fraction of sp³-hybridized carbons (Fsp3) is 0.600. The molecule has 6 heteroatoms. The fourth-order valence-electron chi connectivity index (χ4n) is 4.36. The van der Waals surface area contributed by atoms with E-state index in [1.54, 1.807) is 0 Å². The van der Waals surface area contributed by atoms with Crippen molar-refractivity contribution in [1.29, 1.82) is 0 Å². The van der Waals surface area contributed by atoms with Crippen LogP contribution in [0.4, 0.5) is 10.1 Å². The molecule has 26 heavy (non-hydrogen) atoms. The second kappa shape index (κ2) is 8.42. The molecule has 1 aromatic rings. The molecule has 0 aromatic heterocycles. The van der Waals surface area contributed by atoms with Gasteiger partial charge >= 0.3 is 0 Å². The Hall–Kier alpha value is -1.56. The summed E-state index contributed by atoms with van der Waals surface area (Å²) >= 11 is 1.32. The molecule has 2 saturated carbocycles. The molecule has 2 aliphatic carbocycles. The van der Waals surface area contributed by atoms with Crippen molar-refractivity contribution in [3.8, 4) is 0 Å². The van der Waals surface area contributed by atoms with Crippen molar-refractivity contribution >= 4 is 29.3 Å². The zero-order valence-electron chi connectivity index (χ0n) is 15.3. The van der Waals surface area contributed by atoms with Gasteiger partial charge in [-0.1, -0.05) is 6.42 Å². The van der Waals surface area contributed by atoms with Crippen LogP contribution in [0.15, 0.2) is 24.3 Å². The summed E-state index contributed by atoms with van der Waals surface area (Å²) < 4.78 is 12.9. The van der Waals surface area contributed by atoms with Crippen molar-refractivity contribution in [1.82, 2.24) is 5.32 Å². The Labute approximate surface area is 158 Å². The van der Waals surface area contributed by atoms with E-state index in [0.717, 1.165) is 11.8 Å². The lowest BCUT2D eigenvalue weighted by Gasteiger charge is -2.29. The third-order valence-corrected chi connectivity index (χ3v) is 6.91. The predicted octanol–water partition coefficient (Wildman–Crippen LogP) is 3.83. The molecule has 1 aromatic carbocycles. The lowest BCUT2D eigenvalue weighted by Crippen LogP contribution is -2.43. The summed E-state index contributed by atoms with van der Waals surface area (Å²) in [4.78, 5) is 24.4. The van der Waals surface area contributed by atoms with E-state index in [4.69, 9.17) is 0 Å². The number of carbonyl (C=O) groups excluding carboxylic acids is 2. The van der Waals surface area contributed by atoms with E-state index < -0.39 is 0 Å². The van der Waals surface area contributed by atoms with Crippen LogP contribution in [0.3, 0.4) is 0 Å². The predicted molar refractivity (Wildman–Crippen MR) is 103 cm³/mol. The summed E-state index contributed by atoms with van der Waals surface area (Å²) in [6.07, 6.45) is 5.24. The van der Waals surface area contributed by atoms with Gasteiger partial charge in [-0.25, -0.2) is 4.39 Å². The van der Waals surface area contributed by atoms with Crippen LogP contribution in [0, 0.1) is 23.6 Å². The van der Waals surface area contributed by atoms with Crippen LogP contribution >= 0.6 is 11.8 Å². The number of rotatable bonds is 7. The molecule has 4 nitrogen and oxygen atoms in total. The van der Waals surface area contributed by atoms with Gasteiger partial charge in [0.15, 0.2) is 0 Å². The average Bonchev–Trinajstić information content (AvgIpc) is 3.25. The van der Waals surface area contributed by atoms with Gasteiger partial charge in [0.05, 0.1) is 11.0 Å². The Morgan fingerprint density at radius 3 is 2.54 bits per heavy atom. The first kappa shape index (κ1) is 19.2. The second-order valence-corrected chi connectivity index (χ2v) is 8.97. The molecule has 5 unspecified atom stereocenters. The number of thioether (sulfide) groups is 1. The SMILES string of the molecule is CC(SCC(=O)Nc1ccc(F)cc1)C(=O)NC(C)C1CC2CCC1C2. The molecule has 0 aliphatic heterocycles. The largest absolute Gasteiger partial charge is 0.352 e. The van der Waals surface area contributed by atoms with Crippen molar-refractivity contribution in [3.63, 3.8) is 0 Å². The van der Waals surface area contributed by atoms with Crippen molar-refractivity contribution in [2.45, 2.75) is 50.8 Å². The van der Waals surface area contributed by atoms with Crippen molar-refractivity contribution in [2.24, 2.45) is 17.8 Å². The average molecular weight is 379 g/mol. The van der Waals surface area contributed by atoms with Gasteiger partial charge in [-0.3, -0.25) is 9.59 Å². The van der Waals surface area contributed by atoms with Crippen LogP contribution in [0.5, 0.6) is 0 Å². The molecular formula is C20H27FN2O2S. The van der Waals surface area contributed by atoms with Gasteiger partial charge in [0.1, 0.15) is 5.82 Å². The highest BCUT2D eigenvalue weighted by molar-refractivity contribution is 8.01. The highest BCUT2D eigenvalue weighted by Crippen LogP contribution is 2.49. The number of fused-ring (bicyclic) bond motifs is 2. The lowest BCUT2D eigenvalue weighted by molar-refractivity contribution is -0.121. The summed E-state index contributed by atoms with van der Waals surface area (Å²) in [7, 11) is 0. The summed E-state index contributed by atoms with van der Waals surface area (Å²) in [5, 5.41) is 5.58. The van der Waals surface area contributed by atoms with Crippen molar-refractivity contribution in [2.75, 3.05) is 11.1 Å². The van der Waals surface area contributed by atoms with Crippen LogP contribution in [0.25, 0.3) is 0 Å². The quantitative estimate of drug-likeness (QED) is 0.758. The maximum absolute atomic E-state index is 12.9. The van der Waals surface area contributed by atoms with E-state index in [9.17, 15) is 14.0 Å². The number of anilines is 1. The lowest BCUT2D eigenvalue weighted by atomic mass is 9.84. The topological polar surface area (TPSA) is 58.2 Å². The summed E-state index contributed by atoms with van der Waals surface area (Å²) in [5.74, 6) is 1.91. The minimum absolute atomic E-state index is 0.000134. The van der Waals surface area contributed by atoms with Gasteiger partial charge in [-0.05, 0) is 75.1 Å². The van der Waals surface area contributed by atoms with Gasteiger partial charge in [-0.2, -0.15) is 0 Å². The van der Waals surface area contributed by atoms with Crippen LogP contribution in [0.2, 0.25) is 0 Å². The number of hydrogen-bond acceptors (Lipinski definition) is 3. The van der Waals surface area contributed by atoms with Gasteiger partial charge in [0, 0.05) is 11.7 Å². The van der Waals surface area contributed by atoms with Crippen LogP contribution < -0.4 is 10.6 Å². The van der Waals surface area contributed by atoms with Crippen molar-refractivity contribution in [3.05, 3.63) is 30.1 Å². The first-order valence-corrected chi connectivity index (χ1v) is 10.4. The fourth-order valence-corrected chi connectivity index (χ4v) is 5.05. The molecular weight excluding hydrogens is 351 g/mol. The van der Waals surface area contributed by atoms with Gasteiger partial charge < -0.3 is 10.6 Å². The minimum atomic E-state index is -0.340. The normalized spacial score (nSPS) is 26.3. The summed E-state index contributed by atoms with van der Waals surface area (Å²) in [6.45, 7) is 3.95. The monoisotopic (exact) mass is 378 g/mol. The molecule has 0 saturated heterocycles. The van der Waals surface area contributed by atoms with E-state index in [2.05, 4.69) is 17.6 Å². The molecule has 0 spiro atoms. The van der Waals surface area contributed by atoms with E-state index in [1.165, 1.54) is 61.7 Å². The minimum Gasteiger partial charge on any atom is -0.352 e. The molecule has 2 amide bonds. The summed E-state index contributed by atoms with van der Waals surface area (Å²) in [6, 6.07) is 5.84. The van der Waals surface area contributed by atoms with Crippen LogP contribution in [0.1, 0.15) is 39.5 Å². The third-order valence-electron chi connectivity index (χ3n) is 5.77. The molecule has 5 atom stereocenters. The maximum atomic E-state index is 12.9. The number of amides is 2. The number of halogens is 1. The van der Waals surface area contributed by atoms with Crippen LogP contribution in [-0.2, 0) is 9.59 Å². The molecule has 0 heterocycles. The van der Waals surface area contributed by atoms with Gasteiger partial charge in [0.2, 0.25) is 11.8 Å². The molecule has 2 aliphatic rings. The van der Waals surface area contributed by atoms with E-state index in [-0.39, 0.29) is 34.7 Å². The molecule has 2 N–H and O–H groups in total. The van der Waals surface area contributed by atoms with E-state index in [1.807, 2.05) is 6.92 Å². The Bertz CT molecular complexity index is 652. The molecule has 3 rings (SSSR count).